The number of esters is 1. The van der Waals surface area contributed by atoms with Crippen molar-refractivity contribution in [1.82, 2.24) is 10.2 Å². The monoisotopic (exact) mass is 433 g/mol. The third-order valence-electron chi connectivity index (χ3n) is 5.03. The number of carbonyl (C=O) groups excluding carboxylic acids is 3. The molecule has 2 amide bonds. The number of nitrogens with zero attached hydrogens (tertiary/aromatic N) is 1. The Balaban J connectivity index is 1.85. The summed E-state index contributed by atoms with van der Waals surface area (Å²) >= 11 is 0. The van der Waals surface area contributed by atoms with Crippen LogP contribution in [0.15, 0.2) is 24.3 Å². The Morgan fingerprint density at radius 2 is 1.97 bits per heavy atom. The molecule has 1 saturated heterocycles. The highest BCUT2D eigenvalue weighted by atomic mass is 16.5. The average Bonchev–Trinajstić information content (AvgIpc) is 2.74. The summed E-state index contributed by atoms with van der Waals surface area (Å²) in [6.45, 7) is 8.07. The van der Waals surface area contributed by atoms with Crippen molar-refractivity contribution in [2.24, 2.45) is 5.92 Å². The van der Waals surface area contributed by atoms with Crippen molar-refractivity contribution >= 4 is 23.5 Å². The van der Waals surface area contributed by atoms with Crippen LogP contribution in [0.25, 0.3) is 0 Å². The smallest absolute Gasteiger partial charge is 0.308 e. The summed E-state index contributed by atoms with van der Waals surface area (Å²) < 4.78 is 10.9. The van der Waals surface area contributed by atoms with Gasteiger partial charge in [-0.15, -0.1) is 0 Å². The van der Waals surface area contributed by atoms with Gasteiger partial charge in [0.05, 0.1) is 26.2 Å². The van der Waals surface area contributed by atoms with Crippen molar-refractivity contribution in [2.45, 2.75) is 52.5 Å². The molecular formula is C23H35N3O5. The van der Waals surface area contributed by atoms with E-state index in [1.165, 1.54) is 4.90 Å². The number of hydrogen-bond acceptors (Lipinski definition) is 6. The van der Waals surface area contributed by atoms with Crippen molar-refractivity contribution in [2.75, 3.05) is 38.2 Å². The topological polar surface area (TPSA) is 97.0 Å². The number of piperazine rings is 1. The Kier molecular flexibility index (Phi) is 10.1. The van der Waals surface area contributed by atoms with Gasteiger partial charge in [-0.1, -0.05) is 27.2 Å². The van der Waals surface area contributed by atoms with E-state index in [-0.39, 0.29) is 24.8 Å². The number of anilines is 1. The van der Waals surface area contributed by atoms with Crippen LogP contribution >= 0.6 is 0 Å². The molecule has 2 rings (SSSR count). The van der Waals surface area contributed by atoms with Gasteiger partial charge in [-0.05, 0) is 43.0 Å². The Morgan fingerprint density at radius 3 is 2.65 bits per heavy atom. The number of carbonyl (C=O) groups is 3. The number of benzene rings is 1. The lowest BCUT2D eigenvalue weighted by atomic mass is 10.1. The van der Waals surface area contributed by atoms with Crippen LogP contribution in [0.3, 0.4) is 0 Å². The van der Waals surface area contributed by atoms with Gasteiger partial charge < -0.3 is 25.0 Å². The number of hydrogen-bond donors (Lipinski definition) is 2. The zero-order chi connectivity index (χ0) is 22.6. The summed E-state index contributed by atoms with van der Waals surface area (Å²) in [7, 11) is 0. The third kappa shape index (κ3) is 8.47. The van der Waals surface area contributed by atoms with Gasteiger partial charge in [0.15, 0.2) is 0 Å². The van der Waals surface area contributed by atoms with E-state index < -0.39 is 12.0 Å². The van der Waals surface area contributed by atoms with E-state index in [4.69, 9.17) is 9.47 Å². The minimum atomic E-state index is -0.839. The van der Waals surface area contributed by atoms with Gasteiger partial charge >= 0.3 is 5.97 Å². The Bertz CT molecular complexity index is 720. The maximum Gasteiger partial charge on any atom is 0.308 e. The molecular weight excluding hydrogens is 398 g/mol. The molecule has 1 heterocycles. The van der Waals surface area contributed by atoms with Crippen LogP contribution in [0.5, 0.6) is 5.75 Å². The molecule has 1 atom stereocenters. The van der Waals surface area contributed by atoms with Gasteiger partial charge in [0.25, 0.3) is 0 Å². The van der Waals surface area contributed by atoms with E-state index in [0.29, 0.717) is 32.2 Å². The minimum absolute atomic E-state index is 0.0300. The standard InChI is InChI=1S/C23H35N3O5/c1-4-5-13-31-22(28)15-20-23(29)24-11-12-26(20)21(27)16-25-18-6-8-19(9-7-18)30-14-10-17(2)3/h6-9,17,20,25H,4-5,10-16H2,1-3H3,(H,24,29). The van der Waals surface area contributed by atoms with Crippen LogP contribution in [0.1, 0.15) is 46.5 Å². The lowest BCUT2D eigenvalue weighted by molar-refractivity contribution is -0.151. The van der Waals surface area contributed by atoms with Gasteiger partial charge in [0.2, 0.25) is 11.8 Å². The molecule has 2 N–H and O–H groups in total. The molecule has 1 aliphatic rings. The summed E-state index contributed by atoms with van der Waals surface area (Å²) in [6.07, 6.45) is 2.55. The first-order valence-electron chi connectivity index (χ1n) is 11.1. The van der Waals surface area contributed by atoms with E-state index in [0.717, 1.165) is 30.7 Å². The molecule has 0 bridgehead atoms. The van der Waals surface area contributed by atoms with Crippen molar-refractivity contribution in [3.63, 3.8) is 0 Å². The first-order chi connectivity index (χ1) is 14.9. The first kappa shape index (κ1) is 24.5. The molecule has 8 heteroatoms. The summed E-state index contributed by atoms with van der Waals surface area (Å²) in [5.74, 6) is 0.348. The first-order valence-corrected chi connectivity index (χ1v) is 11.1. The predicted molar refractivity (Wildman–Crippen MR) is 119 cm³/mol. The van der Waals surface area contributed by atoms with Gasteiger partial charge in [-0.3, -0.25) is 14.4 Å². The Morgan fingerprint density at radius 1 is 1.23 bits per heavy atom. The van der Waals surface area contributed by atoms with Crippen molar-refractivity contribution < 1.29 is 23.9 Å². The quantitative estimate of drug-likeness (QED) is 0.388. The minimum Gasteiger partial charge on any atom is -0.494 e. The molecule has 1 unspecified atom stereocenters. The zero-order valence-corrected chi connectivity index (χ0v) is 18.8. The number of rotatable bonds is 12. The van der Waals surface area contributed by atoms with Gasteiger partial charge in [0, 0.05) is 18.8 Å². The molecule has 8 nitrogen and oxygen atoms in total. The SMILES string of the molecule is CCCCOC(=O)CC1C(=O)NCCN1C(=O)CNc1ccc(OCCC(C)C)cc1. The van der Waals surface area contributed by atoms with Crippen molar-refractivity contribution in [1.29, 1.82) is 0 Å². The molecule has 1 fully saturated rings. The molecule has 0 aromatic heterocycles. The average molecular weight is 434 g/mol. The fourth-order valence-electron chi connectivity index (χ4n) is 3.12. The van der Waals surface area contributed by atoms with E-state index in [9.17, 15) is 14.4 Å². The molecule has 172 valence electrons. The molecule has 1 aromatic carbocycles. The highest BCUT2D eigenvalue weighted by Crippen LogP contribution is 2.17. The summed E-state index contributed by atoms with van der Waals surface area (Å²) in [5, 5.41) is 5.80. The van der Waals surface area contributed by atoms with Crippen LogP contribution in [0, 0.1) is 5.92 Å². The number of amides is 2. The number of unbranched alkanes of at least 4 members (excludes halogenated alkanes) is 1. The lowest BCUT2D eigenvalue weighted by Gasteiger charge is -2.34. The molecule has 0 aliphatic carbocycles. The summed E-state index contributed by atoms with van der Waals surface area (Å²) in [6, 6.07) is 6.58. The van der Waals surface area contributed by atoms with Crippen LogP contribution < -0.4 is 15.4 Å². The van der Waals surface area contributed by atoms with E-state index in [1.54, 1.807) is 0 Å². The van der Waals surface area contributed by atoms with Crippen LogP contribution in [-0.2, 0) is 19.1 Å². The van der Waals surface area contributed by atoms with Crippen LogP contribution in [0.4, 0.5) is 5.69 Å². The number of ether oxygens (including phenoxy) is 2. The number of nitrogens with one attached hydrogen (secondary N) is 2. The van der Waals surface area contributed by atoms with Crippen molar-refractivity contribution in [3.05, 3.63) is 24.3 Å². The molecule has 0 spiro atoms. The second-order valence-electron chi connectivity index (χ2n) is 8.08. The second kappa shape index (κ2) is 12.8. The lowest BCUT2D eigenvalue weighted by Crippen LogP contribution is -2.58. The van der Waals surface area contributed by atoms with Gasteiger partial charge in [0.1, 0.15) is 11.8 Å². The molecule has 0 radical (unpaired) electrons. The zero-order valence-electron chi connectivity index (χ0n) is 18.8. The fraction of sp³-hybridized carbons (Fsp3) is 0.609. The highest BCUT2D eigenvalue weighted by molar-refractivity contribution is 5.93. The van der Waals surface area contributed by atoms with Crippen molar-refractivity contribution in [3.8, 4) is 5.75 Å². The van der Waals surface area contributed by atoms with E-state index in [1.807, 2.05) is 31.2 Å². The maximum atomic E-state index is 12.7. The Labute approximate surface area is 184 Å². The largest absolute Gasteiger partial charge is 0.494 e. The van der Waals surface area contributed by atoms with Gasteiger partial charge in [-0.2, -0.15) is 0 Å². The predicted octanol–water partition coefficient (Wildman–Crippen LogP) is 2.58. The van der Waals surface area contributed by atoms with Gasteiger partial charge in [-0.25, -0.2) is 0 Å². The Hall–Kier alpha value is -2.77. The van der Waals surface area contributed by atoms with Crippen LogP contribution in [-0.4, -0.2) is 61.6 Å². The maximum absolute atomic E-state index is 12.7. The fourth-order valence-corrected chi connectivity index (χ4v) is 3.12. The van der Waals surface area contributed by atoms with E-state index >= 15 is 0 Å². The molecule has 1 aliphatic heterocycles. The molecule has 31 heavy (non-hydrogen) atoms. The van der Waals surface area contributed by atoms with E-state index in [2.05, 4.69) is 24.5 Å². The molecule has 1 aromatic rings. The highest BCUT2D eigenvalue weighted by Gasteiger charge is 2.34. The third-order valence-corrected chi connectivity index (χ3v) is 5.03. The normalized spacial score (nSPS) is 16.1. The summed E-state index contributed by atoms with van der Waals surface area (Å²) in [5.41, 5.74) is 0.779. The second-order valence-corrected chi connectivity index (χ2v) is 8.08. The van der Waals surface area contributed by atoms with Crippen LogP contribution in [0.2, 0.25) is 0 Å². The summed E-state index contributed by atoms with van der Waals surface area (Å²) in [4.78, 5) is 38.5. The molecule has 0 saturated carbocycles.